The molecule has 4 heteroatoms. The summed E-state index contributed by atoms with van der Waals surface area (Å²) in [5, 5.41) is 8.98. The molecule has 120 valence electrons. The van der Waals surface area contributed by atoms with E-state index in [1.54, 1.807) is 0 Å². The fourth-order valence-corrected chi connectivity index (χ4v) is 3.29. The predicted octanol–water partition coefficient (Wildman–Crippen LogP) is 3.28. The van der Waals surface area contributed by atoms with Crippen molar-refractivity contribution in [3.8, 4) is 0 Å². The first-order valence-corrected chi connectivity index (χ1v) is 8.06. The summed E-state index contributed by atoms with van der Waals surface area (Å²) in [6, 6.07) is 10.4. The summed E-state index contributed by atoms with van der Waals surface area (Å²) < 4.78 is 0. The van der Waals surface area contributed by atoms with Gasteiger partial charge in [-0.1, -0.05) is 30.3 Å². The molecule has 0 spiro atoms. The fraction of sp³-hybridized carbons (Fsp3) is 0.556. The standard InChI is InChI=1S/C18H25NO3/c1-13(2)19(12-17(20)21)18(22)16-10-8-15(9-11-16)14-6-4-3-5-7-14/h3-7,13,15-16H,8-12H2,1-2H3,(H,20,21). The molecule has 22 heavy (non-hydrogen) atoms. The first-order chi connectivity index (χ1) is 10.5. The van der Waals surface area contributed by atoms with Crippen LogP contribution in [-0.2, 0) is 9.59 Å². The van der Waals surface area contributed by atoms with E-state index in [4.69, 9.17) is 5.11 Å². The highest BCUT2D eigenvalue weighted by Crippen LogP contribution is 2.36. The topological polar surface area (TPSA) is 57.6 Å². The third-order valence-corrected chi connectivity index (χ3v) is 4.56. The molecule has 1 aromatic carbocycles. The summed E-state index contributed by atoms with van der Waals surface area (Å²) in [7, 11) is 0. The number of nitrogens with zero attached hydrogens (tertiary/aromatic N) is 1. The number of hydrogen-bond donors (Lipinski definition) is 1. The van der Waals surface area contributed by atoms with Gasteiger partial charge < -0.3 is 10.0 Å². The maximum absolute atomic E-state index is 12.6. The van der Waals surface area contributed by atoms with Crippen LogP contribution in [0.1, 0.15) is 51.0 Å². The lowest BCUT2D eigenvalue weighted by atomic mass is 9.78. The van der Waals surface area contributed by atoms with Crippen molar-refractivity contribution in [1.82, 2.24) is 4.90 Å². The monoisotopic (exact) mass is 303 g/mol. The maximum Gasteiger partial charge on any atom is 0.323 e. The van der Waals surface area contributed by atoms with Crippen LogP contribution in [0.5, 0.6) is 0 Å². The molecule has 1 saturated carbocycles. The van der Waals surface area contributed by atoms with Crippen LogP contribution >= 0.6 is 0 Å². The molecular weight excluding hydrogens is 278 g/mol. The molecule has 1 aliphatic carbocycles. The highest BCUT2D eigenvalue weighted by molar-refractivity contribution is 5.83. The number of aliphatic carboxylic acids is 1. The van der Waals surface area contributed by atoms with E-state index in [-0.39, 0.29) is 24.4 Å². The van der Waals surface area contributed by atoms with Crippen molar-refractivity contribution in [3.63, 3.8) is 0 Å². The van der Waals surface area contributed by atoms with Gasteiger partial charge in [0, 0.05) is 12.0 Å². The van der Waals surface area contributed by atoms with Crippen LogP contribution < -0.4 is 0 Å². The van der Waals surface area contributed by atoms with Crippen LogP contribution in [0.2, 0.25) is 0 Å². The number of amides is 1. The largest absolute Gasteiger partial charge is 0.480 e. The minimum atomic E-state index is -0.944. The molecule has 1 N–H and O–H groups in total. The second-order valence-electron chi connectivity index (χ2n) is 6.41. The molecule has 0 aliphatic heterocycles. The average Bonchev–Trinajstić information content (AvgIpc) is 2.52. The Kier molecular flexibility index (Phi) is 5.58. The van der Waals surface area contributed by atoms with Crippen molar-refractivity contribution in [3.05, 3.63) is 35.9 Å². The number of carbonyl (C=O) groups is 2. The van der Waals surface area contributed by atoms with Gasteiger partial charge >= 0.3 is 5.97 Å². The van der Waals surface area contributed by atoms with Gasteiger partial charge in [0.05, 0.1) is 0 Å². The third-order valence-electron chi connectivity index (χ3n) is 4.56. The highest BCUT2D eigenvalue weighted by atomic mass is 16.4. The van der Waals surface area contributed by atoms with Crippen molar-refractivity contribution in [1.29, 1.82) is 0 Å². The molecule has 0 saturated heterocycles. The Morgan fingerprint density at radius 2 is 1.73 bits per heavy atom. The molecule has 0 heterocycles. The molecule has 0 unspecified atom stereocenters. The minimum Gasteiger partial charge on any atom is -0.480 e. The summed E-state index contributed by atoms with van der Waals surface area (Å²) in [5.41, 5.74) is 1.35. The van der Waals surface area contributed by atoms with Crippen LogP contribution in [0.25, 0.3) is 0 Å². The quantitative estimate of drug-likeness (QED) is 0.908. The maximum atomic E-state index is 12.6. The van der Waals surface area contributed by atoms with Crippen LogP contribution in [0.15, 0.2) is 30.3 Å². The molecule has 1 aliphatic rings. The van der Waals surface area contributed by atoms with Gasteiger partial charge in [0.15, 0.2) is 0 Å². The van der Waals surface area contributed by atoms with Gasteiger partial charge in [0.1, 0.15) is 6.54 Å². The van der Waals surface area contributed by atoms with Crippen LogP contribution in [0.3, 0.4) is 0 Å². The molecule has 0 aromatic heterocycles. The average molecular weight is 303 g/mol. The van der Waals surface area contributed by atoms with Gasteiger partial charge in [-0.05, 0) is 51.0 Å². The SMILES string of the molecule is CC(C)N(CC(=O)O)C(=O)C1CCC(c2ccccc2)CC1. The molecule has 1 amide bonds. The smallest absolute Gasteiger partial charge is 0.323 e. The van der Waals surface area contributed by atoms with E-state index in [1.807, 2.05) is 19.9 Å². The predicted molar refractivity (Wildman–Crippen MR) is 85.6 cm³/mol. The normalized spacial score (nSPS) is 21.6. The van der Waals surface area contributed by atoms with E-state index >= 15 is 0 Å². The van der Waals surface area contributed by atoms with E-state index in [1.165, 1.54) is 10.5 Å². The lowest BCUT2D eigenvalue weighted by Crippen LogP contribution is -2.44. The van der Waals surface area contributed by atoms with Gasteiger partial charge in [0.25, 0.3) is 0 Å². The van der Waals surface area contributed by atoms with Crippen molar-refractivity contribution >= 4 is 11.9 Å². The van der Waals surface area contributed by atoms with Gasteiger partial charge in [-0.2, -0.15) is 0 Å². The number of benzene rings is 1. The van der Waals surface area contributed by atoms with Crippen molar-refractivity contribution in [2.45, 2.75) is 51.5 Å². The summed E-state index contributed by atoms with van der Waals surface area (Å²) >= 11 is 0. The molecule has 2 rings (SSSR count). The summed E-state index contributed by atoms with van der Waals surface area (Å²) in [6.07, 6.45) is 3.70. The number of hydrogen-bond acceptors (Lipinski definition) is 2. The molecule has 1 aromatic rings. The van der Waals surface area contributed by atoms with Crippen molar-refractivity contribution < 1.29 is 14.7 Å². The highest BCUT2D eigenvalue weighted by Gasteiger charge is 2.31. The van der Waals surface area contributed by atoms with Gasteiger partial charge in [-0.25, -0.2) is 0 Å². The number of rotatable bonds is 5. The second-order valence-corrected chi connectivity index (χ2v) is 6.41. The zero-order valence-electron chi connectivity index (χ0n) is 13.4. The zero-order chi connectivity index (χ0) is 16.1. The molecule has 1 fully saturated rings. The fourth-order valence-electron chi connectivity index (χ4n) is 3.29. The second kappa shape index (κ2) is 7.43. The van der Waals surface area contributed by atoms with E-state index in [2.05, 4.69) is 24.3 Å². The van der Waals surface area contributed by atoms with E-state index < -0.39 is 5.97 Å². The Hall–Kier alpha value is -1.84. The lowest BCUT2D eigenvalue weighted by Gasteiger charge is -2.33. The minimum absolute atomic E-state index is 0.00362. The number of carbonyl (C=O) groups excluding carboxylic acids is 1. The summed E-state index contributed by atoms with van der Waals surface area (Å²) in [6.45, 7) is 3.54. The Morgan fingerprint density at radius 1 is 1.14 bits per heavy atom. The van der Waals surface area contributed by atoms with Gasteiger partial charge in [0.2, 0.25) is 5.91 Å². The summed E-state index contributed by atoms with van der Waals surface area (Å²) in [4.78, 5) is 25.0. The lowest BCUT2D eigenvalue weighted by molar-refractivity contribution is -0.148. The van der Waals surface area contributed by atoms with Crippen molar-refractivity contribution in [2.75, 3.05) is 6.54 Å². The molecule has 4 nitrogen and oxygen atoms in total. The summed E-state index contributed by atoms with van der Waals surface area (Å²) in [5.74, 6) is -0.442. The Bertz CT molecular complexity index is 504. The Labute approximate surface area is 132 Å². The molecule has 0 bridgehead atoms. The van der Waals surface area contributed by atoms with Crippen LogP contribution in [0, 0.1) is 5.92 Å². The molecular formula is C18H25NO3. The number of carboxylic acids is 1. The first kappa shape index (κ1) is 16.5. The zero-order valence-corrected chi connectivity index (χ0v) is 13.4. The van der Waals surface area contributed by atoms with E-state index in [9.17, 15) is 9.59 Å². The van der Waals surface area contributed by atoms with Gasteiger partial charge in [-0.15, -0.1) is 0 Å². The molecule has 0 atom stereocenters. The molecule has 0 radical (unpaired) electrons. The number of carboxylic acid groups (broad SMARTS) is 1. The van der Waals surface area contributed by atoms with Gasteiger partial charge in [-0.3, -0.25) is 9.59 Å². The van der Waals surface area contributed by atoms with E-state index in [0.29, 0.717) is 5.92 Å². The Morgan fingerprint density at radius 3 is 2.23 bits per heavy atom. The van der Waals surface area contributed by atoms with Crippen LogP contribution in [0.4, 0.5) is 0 Å². The van der Waals surface area contributed by atoms with Crippen LogP contribution in [-0.4, -0.2) is 34.5 Å². The van der Waals surface area contributed by atoms with Crippen molar-refractivity contribution in [2.24, 2.45) is 5.92 Å². The third kappa shape index (κ3) is 4.09. The first-order valence-electron chi connectivity index (χ1n) is 8.06. The van der Waals surface area contributed by atoms with E-state index in [0.717, 1.165) is 25.7 Å². The Balaban J connectivity index is 1.95.